The van der Waals surface area contributed by atoms with E-state index in [9.17, 15) is 4.79 Å². The fraction of sp³-hybridized carbons (Fsp3) is 0.143. The van der Waals surface area contributed by atoms with Gasteiger partial charge in [-0.25, -0.2) is 0 Å². The van der Waals surface area contributed by atoms with Gasteiger partial charge in [0.25, 0.3) is 5.91 Å². The molecular formula is C21H19ClN2O. The molecule has 0 aliphatic heterocycles. The van der Waals surface area contributed by atoms with Crippen LogP contribution >= 0.6 is 11.6 Å². The second-order valence-electron chi connectivity index (χ2n) is 5.81. The second-order valence-corrected chi connectivity index (χ2v) is 6.22. The van der Waals surface area contributed by atoms with Crippen molar-refractivity contribution in [3.63, 3.8) is 0 Å². The van der Waals surface area contributed by atoms with Crippen LogP contribution in [0.1, 0.15) is 29.3 Å². The van der Waals surface area contributed by atoms with Crippen molar-refractivity contribution in [3.8, 4) is 11.3 Å². The maximum Gasteiger partial charge on any atom is 0.255 e. The minimum Gasteiger partial charge on any atom is -0.322 e. The molecule has 2 aromatic carbocycles. The van der Waals surface area contributed by atoms with Crippen molar-refractivity contribution in [1.29, 1.82) is 0 Å². The number of hydrogen-bond acceptors (Lipinski definition) is 2. The van der Waals surface area contributed by atoms with E-state index >= 15 is 0 Å². The van der Waals surface area contributed by atoms with E-state index in [-0.39, 0.29) is 5.91 Å². The molecule has 0 saturated heterocycles. The highest BCUT2D eigenvalue weighted by molar-refractivity contribution is 6.33. The highest BCUT2D eigenvalue weighted by Crippen LogP contribution is 2.25. The predicted molar refractivity (Wildman–Crippen MR) is 103 cm³/mol. The Morgan fingerprint density at radius 2 is 1.76 bits per heavy atom. The van der Waals surface area contributed by atoms with Gasteiger partial charge in [-0.05, 0) is 48.4 Å². The zero-order valence-corrected chi connectivity index (χ0v) is 14.8. The van der Waals surface area contributed by atoms with E-state index in [0.717, 1.165) is 24.1 Å². The van der Waals surface area contributed by atoms with Crippen LogP contribution in [0.3, 0.4) is 0 Å². The van der Waals surface area contributed by atoms with Gasteiger partial charge in [-0.1, -0.05) is 49.2 Å². The van der Waals surface area contributed by atoms with Gasteiger partial charge in [-0.3, -0.25) is 9.78 Å². The van der Waals surface area contributed by atoms with Crippen molar-refractivity contribution in [1.82, 2.24) is 4.98 Å². The summed E-state index contributed by atoms with van der Waals surface area (Å²) in [5.74, 6) is -0.137. The van der Waals surface area contributed by atoms with Crippen molar-refractivity contribution < 1.29 is 4.79 Å². The van der Waals surface area contributed by atoms with Gasteiger partial charge in [0.2, 0.25) is 0 Å². The summed E-state index contributed by atoms with van der Waals surface area (Å²) in [5, 5.41) is 3.51. The van der Waals surface area contributed by atoms with Gasteiger partial charge in [0.15, 0.2) is 0 Å². The van der Waals surface area contributed by atoms with Crippen LogP contribution in [0.15, 0.2) is 66.9 Å². The number of anilines is 1. The third kappa shape index (κ3) is 4.25. The Labute approximate surface area is 152 Å². The molecule has 1 N–H and O–H groups in total. The molecule has 0 spiro atoms. The predicted octanol–water partition coefficient (Wildman–Crippen LogP) is 5.61. The Hall–Kier alpha value is -2.65. The molecule has 25 heavy (non-hydrogen) atoms. The van der Waals surface area contributed by atoms with Gasteiger partial charge in [-0.15, -0.1) is 0 Å². The lowest BCUT2D eigenvalue weighted by molar-refractivity contribution is 0.102. The van der Waals surface area contributed by atoms with Crippen LogP contribution in [0.2, 0.25) is 5.02 Å². The standard InChI is InChI=1S/C21H19ClN2O/c1-2-4-15-6-12-18(13-7-15)24-21(25)17-10-8-16(9-11-17)20-19(22)5-3-14-23-20/h3,5-14H,2,4H2,1H3,(H,24,25). The van der Waals surface area contributed by atoms with Crippen LogP contribution < -0.4 is 5.32 Å². The number of nitrogens with zero attached hydrogens (tertiary/aromatic N) is 1. The first-order valence-electron chi connectivity index (χ1n) is 8.28. The van der Waals surface area contributed by atoms with E-state index in [0.29, 0.717) is 16.3 Å². The van der Waals surface area contributed by atoms with Crippen LogP contribution in [-0.4, -0.2) is 10.9 Å². The molecule has 1 aromatic heterocycles. The molecule has 0 fully saturated rings. The van der Waals surface area contributed by atoms with Crippen LogP contribution in [0.4, 0.5) is 5.69 Å². The van der Waals surface area contributed by atoms with Gasteiger partial charge >= 0.3 is 0 Å². The topological polar surface area (TPSA) is 42.0 Å². The van der Waals surface area contributed by atoms with E-state index in [4.69, 9.17) is 11.6 Å². The van der Waals surface area contributed by atoms with E-state index in [1.165, 1.54) is 5.56 Å². The van der Waals surface area contributed by atoms with Crippen molar-refractivity contribution in [2.24, 2.45) is 0 Å². The lowest BCUT2D eigenvalue weighted by Crippen LogP contribution is -2.11. The molecule has 4 heteroatoms. The third-order valence-electron chi connectivity index (χ3n) is 3.93. The Balaban J connectivity index is 1.71. The number of pyridine rings is 1. The summed E-state index contributed by atoms with van der Waals surface area (Å²) >= 11 is 6.16. The number of hydrogen-bond donors (Lipinski definition) is 1. The molecule has 0 aliphatic carbocycles. The number of aryl methyl sites for hydroxylation is 1. The Kier molecular flexibility index (Phi) is 5.46. The number of amides is 1. The quantitative estimate of drug-likeness (QED) is 0.650. The molecule has 0 radical (unpaired) electrons. The molecule has 0 aliphatic rings. The minimum atomic E-state index is -0.137. The molecule has 3 aromatic rings. The Morgan fingerprint density at radius 3 is 2.40 bits per heavy atom. The maximum atomic E-state index is 12.4. The summed E-state index contributed by atoms with van der Waals surface area (Å²) in [5.41, 5.74) is 4.25. The summed E-state index contributed by atoms with van der Waals surface area (Å²) in [4.78, 5) is 16.7. The molecule has 3 rings (SSSR count). The average Bonchev–Trinajstić information content (AvgIpc) is 2.64. The lowest BCUT2D eigenvalue weighted by Gasteiger charge is -2.08. The molecule has 0 saturated carbocycles. The van der Waals surface area contributed by atoms with Gasteiger partial charge in [-0.2, -0.15) is 0 Å². The van der Waals surface area contributed by atoms with Crippen molar-refractivity contribution in [3.05, 3.63) is 83.0 Å². The van der Waals surface area contributed by atoms with E-state index < -0.39 is 0 Å². The summed E-state index contributed by atoms with van der Waals surface area (Å²) < 4.78 is 0. The first kappa shape index (κ1) is 17.2. The zero-order valence-electron chi connectivity index (χ0n) is 14.0. The van der Waals surface area contributed by atoms with Crippen LogP contribution in [-0.2, 0) is 6.42 Å². The first-order valence-corrected chi connectivity index (χ1v) is 8.66. The van der Waals surface area contributed by atoms with Gasteiger partial charge in [0.05, 0.1) is 10.7 Å². The molecule has 1 amide bonds. The van der Waals surface area contributed by atoms with Crippen molar-refractivity contribution in [2.45, 2.75) is 19.8 Å². The number of aromatic nitrogens is 1. The molecule has 1 heterocycles. The van der Waals surface area contributed by atoms with Gasteiger partial charge < -0.3 is 5.32 Å². The van der Waals surface area contributed by atoms with Gasteiger partial charge in [0, 0.05) is 23.0 Å². The monoisotopic (exact) mass is 350 g/mol. The molecule has 0 bridgehead atoms. The van der Waals surface area contributed by atoms with E-state index in [2.05, 4.69) is 17.2 Å². The number of benzene rings is 2. The van der Waals surface area contributed by atoms with Gasteiger partial charge in [0.1, 0.15) is 0 Å². The SMILES string of the molecule is CCCc1ccc(NC(=O)c2ccc(-c3ncccc3Cl)cc2)cc1. The molecule has 3 nitrogen and oxygen atoms in total. The maximum absolute atomic E-state index is 12.4. The number of rotatable bonds is 5. The largest absolute Gasteiger partial charge is 0.322 e. The van der Waals surface area contributed by atoms with Crippen molar-refractivity contribution in [2.75, 3.05) is 5.32 Å². The summed E-state index contributed by atoms with van der Waals surface area (Å²) in [7, 11) is 0. The molecule has 0 atom stereocenters. The lowest BCUT2D eigenvalue weighted by atomic mass is 10.1. The number of halogens is 1. The molecule has 0 unspecified atom stereocenters. The minimum absolute atomic E-state index is 0.137. The van der Waals surface area contributed by atoms with Crippen LogP contribution in [0.5, 0.6) is 0 Å². The second kappa shape index (κ2) is 7.95. The Bertz CT molecular complexity index is 858. The zero-order chi connectivity index (χ0) is 17.6. The average molecular weight is 351 g/mol. The highest BCUT2D eigenvalue weighted by Gasteiger charge is 2.08. The number of nitrogens with one attached hydrogen (secondary N) is 1. The number of carbonyl (C=O) groups excluding carboxylic acids is 1. The van der Waals surface area contributed by atoms with E-state index in [1.54, 1.807) is 30.5 Å². The fourth-order valence-corrected chi connectivity index (χ4v) is 2.85. The molecule has 126 valence electrons. The number of carbonyl (C=O) groups is 1. The van der Waals surface area contributed by atoms with Crippen LogP contribution in [0.25, 0.3) is 11.3 Å². The normalized spacial score (nSPS) is 10.5. The van der Waals surface area contributed by atoms with E-state index in [1.807, 2.05) is 36.4 Å². The summed E-state index contributed by atoms with van der Waals surface area (Å²) in [6.45, 7) is 2.15. The highest BCUT2D eigenvalue weighted by atomic mass is 35.5. The van der Waals surface area contributed by atoms with Crippen molar-refractivity contribution >= 4 is 23.2 Å². The summed E-state index contributed by atoms with van der Waals surface area (Å²) in [6.07, 6.45) is 3.86. The fourth-order valence-electron chi connectivity index (χ4n) is 2.62. The summed E-state index contributed by atoms with van der Waals surface area (Å²) in [6, 6.07) is 18.8. The van der Waals surface area contributed by atoms with Crippen LogP contribution in [0, 0.1) is 0 Å². The smallest absolute Gasteiger partial charge is 0.255 e. The molecular weight excluding hydrogens is 332 g/mol. The third-order valence-corrected chi connectivity index (χ3v) is 4.23. The first-order chi connectivity index (χ1) is 12.2. The Morgan fingerprint density at radius 1 is 1.04 bits per heavy atom.